The number of carbonyl (C=O) groups is 1. The van der Waals surface area contributed by atoms with Gasteiger partial charge >= 0.3 is 0 Å². The molecule has 0 aliphatic heterocycles. The van der Waals surface area contributed by atoms with Gasteiger partial charge in [-0.3, -0.25) is 4.79 Å². The van der Waals surface area contributed by atoms with Gasteiger partial charge in [0.15, 0.2) is 0 Å². The highest BCUT2D eigenvalue weighted by molar-refractivity contribution is 5.94. The number of hydrogen-bond donors (Lipinski definition) is 0. The zero-order chi connectivity index (χ0) is 14.6. The number of nitrogens with zero attached hydrogens (tertiary/aromatic N) is 1. The van der Waals surface area contributed by atoms with Gasteiger partial charge in [-0.2, -0.15) is 0 Å². The molecule has 0 bridgehead atoms. The first-order valence-corrected chi connectivity index (χ1v) is 6.47. The smallest absolute Gasteiger partial charge is 0.256 e. The van der Waals surface area contributed by atoms with Crippen molar-refractivity contribution in [3.8, 4) is 5.75 Å². The molecule has 0 aliphatic carbocycles. The van der Waals surface area contributed by atoms with Crippen LogP contribution in [0.1, 0.15) is 37.6 Å². The van der Waals surface area contributed by atoms with E-state index in [2.05, 4.69) is 13.8 Å². The summed E-state index contributed by atoms with van der Waals surface area (Å²) in [6, 6.07) is 4.37. The minimum absolute atomic E-state index is 0.0778. The monoisotopic (exact) mass is 267 g/mol. The van der Waals surface area contributed by atoms with Crippen molar-refractivity contribution in [2.75, 3.05) is 14.2 Å². The number of hydrogen-bond acceptors (Lipinski definition) is 2. The Labute approximate surface area is 114 Å². The van der Waals surface area contributed by atoms with Crippen molar-refractivity contribution in [3.63, 3.8) is 0 Å². The molecular weight excluding hydrogens is 245 g/mol. The second kappa shape index (κ2) is 6.55. The molecule has 19 heavy (non-hydrogen) atoms. The van der Waals surface area contributed by atoms with Crippen LogP contribution in [0.3, 0.4) is 0 Å². The molecule has 1 rings (SSSR count). The van der Waals surface area contributed by atoms with Crippen molar-refractivity contribution in [2.45, 2.75) is 33.2 Å². The van der Waals surface area contributed by atoms with Gasteiger partial charge in [-0.15, -0.1) is 0 Å². The molecule has 4 heteroatoms. The molecule has 0 radical (unpaired) electrons. The Morgan fingerprint density at radius 3 is 2.47 bits per heavy atom. The molecule has 1 aromatic carbocycles. The maximum Gasteiger partial charge on any atom is 0.256 e. The van der Waals surface area contributed by atoms with E-state index < -0.39 is 5.82 Å². The molecule has 0 fully saturated rings. The van der Waals surface area contributed by atoms with Gasteiger partial charge in [0, 0.05) is 19.2 Å². The Balaban J connectivity index is 2.88. The van der Waals surface area contributed by atoms with E-state index >= 15 is 0 Å². The molecule has 1 unspecified atom stereocenters. The largest absolute Gasteiger partial charge is 0.497 e. The Kier molecular flexibility index (Phi) is 5.33. The van der Waals surface area contributed by atoms with Gasteiger partial charge in [-0.05, 0) is 31.4 Å². The van der Waals surface area contributed by atoms with Crippen LogP contribution in [0.15, 0.2) is 18.2 Å². The van der Waals surface area contributed by atoms with Crippen LogP contribution in [0.25, 0.3) is 0 Å². The van der Waals surface area contributed by atoms with Crippen molar-refractivity contribution >= 4 is 5.91 Å². The average molecular weight is 267 g/mol. The van der Waals surface area contributed by atoms with Crippen molar-refractivity contribution < 1.29 is 13.9 Å². The highest BCUT2D eigenvalue weighted by Gasteiger charge is 2.21. The van der Waals surface area contributed by atoms with E-state index in [9.17, 15) is 9.18 Å². The highest BCUT2D eigenvalue weighted by atomic mass is 19.1. The molecule has 1 amide bonds. The zero-order valence-electron chi connectivity index (χ0n) is 12.2. The fourth-order valence-corrected chi connectivity index (χ4v) is 2.03. The molecule has 0 aliphatic rings. The fraction of sp³-hybridized carbons (Fsp3) is 0.533. The number of rotatable bonds is 5. The summed E-state index contributed by atoms with van der Waals surface area (Å²) in [5, 5.41) is 0. The predicted octanol–water partition coefficient (Wildman–Crippen LogP) is 3.34. The van der Waals surface area contributed by atoms with Gasteiger partial charge in [-0.25, -0.2) is 4.39 Å². The SMILES string of the molecule is COc1ccc(C(=O)N(C)C(C)CC(C)C)c(F)c1. The predicted molar refractivity (Wildman–Crippen MR) is 74.0 cm³/mol. The lowest BCUT2D eigenvalue weighted by atomic mass is 10.0. The van der Waals surface area contributed by atoms with Crippen LogP contribution in [0.2, 0.25) is 0 Å². The molecule has 0 heterocycles. The maximum absolute atomic E-state index is 13.8. The molecule has 3 nitrogen and oxygen atoms in total. The fourth-order valence-electron chi connectivity index (χ4n) is 2.03. The summed E-state index contributed by atoms with van der Waals surface area (Å²) in [6.07, 6.45) is 0.889. The van der Waals surface area contributed by atoms with Gasteiger partial charge in [0.05, 0.1) is 12.7 Å². The standard InChI is InChI=1S/C15H22FNO2/c1-10(2)8-11(3)17(4)15(18)13-7-6-12(19-5)9-14(13)16/h6-7,9-11H,8H2,1-5H3. The van der Waals surface area contributed by atoms with Crippen molar-refractivity contribution in [1.82, 2.24) is 4.90 Å². The number of ether oxygens (including phenoxy) is 1. The topological polar surface area (TPSA) is 29.5 Å². The van der Waals surface area contributed by atoms with E-state index in [4.69, 9.17) is 4.74 Å². The average Bonchev–Trinajstić information content (AvgIpc) is 2.36. The number of methoxy groups -OCH3 is 1. The highest BCUT2D eigenvalue weighted by Crippen LogP contribution is 2.19. The lowest BCUT2D eigenvalue weighted by Gasteiger charge is -2.26. The van der Waals surface area contributed by atoms with Crippen molar-refractivity contribution in [1.29, 1.82) is 0 Å². The molecule has 106 valence electrons. The van der Waals surface area contributed by atoms with Crippen LogP contribution in [-0.2, 0) is 0 Å². The summed E-state index contributed by atoms with van der Waals surface area (Å²) >= 11 is 0. The van der Waals surface area contributed by atoms with Crippen LogP contribution >= 0.6 is 0 Å². The van der Waals surface area contributed by atoms with Crippen molar-refractivity contribution in [2.24, 2.45) is 5.92 Å². The number of carbonyl (C=O) groups excluding carboxylic acids is 1. The molecule has 1 atom stereocenters. The van der Waals surface area contributed by atoms with Crippen LogP contribution in [0, 0.1) is 11.7 Å². The first kappa shape index (κ1) is 15.5. The van der Waals surface area contributed by atoms with Crippen LogP contribution in [0.4, 0.5) is 4.39 Å². The molecule has 0 aromatic heterocycles. The van der Waals surface area contributed by atoms with Gasteiger partial charge in [-0.1, -0.05) is 13.8 Å². The van der Waals surface area contributed by atoms with E-state index in [0.29, 0.717) is 11.7 Å². The van der Waals surface area contributed by atoms with Crippen LogP contribution in [-0.4, -0.2) is 31.0 Å². The van der Waals surface area contributed by atoms with Gasteiger partial charge in [0.2, 0.25) is 0 Å². The third-order valence-corrected chi connectivity index (χ3v) is 3.20. The van der Waals surface area contributed by atoms with E-state index in [-0.39, 0.29) is 17.5 Å². The summed E-state index contributed by atoms with van der Waals surface area (Å²) in [5.41, 5.74) is 0.0823. The Hall–Kier alpha value is -1.58. The molecule has 0 saturated carbocycles. The van der Waals surface area contributed by atoms with E-state index in [1.165, 1.54) is 19.2 Å². The number of halogens is 1. The summed E-state index contributed by atoms with van der Waals surface area (Å²) in [5.74, 6) is 0.0548. The Morgan fingerprint density at radius 1 is 1.37 bits per heavy atom. The summed E-state index contributed by atoms with van der Waals surface area (Å²) in [6.45, 7) is 6.17. The quantitative estimate of drug-likeness (QED) is 0.819. The second-order valence-corrected chi connectivity index (χ2v) is 5.24. The number of amides is 1. The van der Waals surface area contributed by atoms with Gasteiger partial charge in [0.25, 0.3) is 5.91 Å². The first-order valence-electron chi connectivity index (χ1n) is 6.47. The summed E-state index contributed by atoms with van der Waals surface area (Å²) in [7, 11) is 3.17. The molecule has 0 spiro atoms. The van der Waals surface area contributed by atoms with Gasteiger partial charge < -0.3 is 9.64 Å². The second-order valence-electron chi connectivity index (χ2n) is 5.24. The Morgan fingerprint density at radius 2 is 2.00 bits per heavy atom. The third-order valence-electron chi connectivity index (χ3n) is 3.20. The van der Waals surface area contributed by atoms with Crippen LogP contribution < -0.4 is 4.74 Å². The van der Waals surface area contributed by atoms with Crippen molar-refractivity contribution in [3.05, 3.63) is 29.6 Å². The van der Waals surface area contributed by atoms with Crippen LogP contribution in [0.5, 0.6) is 5.75 Å². The summed E-state index contributed by atoms with van der Waals surface area (Å²) in [4.78, 5) is 13.8. The summed E-state index contributed by atoms with van der Waals surface area (Å²) < 4.78 is 18.8. The molecule has 1 aromatic rings. The lowest BCUT2D eigenvalue weighted by molar-refractivity contribution is 0.0723. The normalized spacial score (nSPS) is 12.4. The minimum atomic E-state index is -0.548. The van der Waals surface area contributed by atoms with E-state index in [1.54, 1.807) is 18.0 Å². The lowest BCUT2D eigenvalue weighted by Crippen LogP contribution is -2.36. The molecule has 0 saturated heterocycles. The Bertz CT molecular complexity index is 446. The van der Waals surface area contributed by atoms with E-state index in [0.717, 1.165) is 6.42 Å². The van der Waals surface area contributed by atoms with E-state index in [1.807, 2.05) is 6.92 Å². The third kappa shape index (κ3) is 3.94. The molecular formula is C15H22FNO2. The van der Waals surface area contributed by atoms with Gasteiger partial charge in [0.1, 0.15) is 11.6 Å². The first-order chi connectivity index (χ1) is 8.86. The number of benzene rings is 1. The maximum atomic E-state index is 13.8. The molecule has 0 N–H and O–H groups in total. The minimum Gasteiger partial charge on any atom is -0.497 e. The zero-order valence-corrected chi connectivity index (χ0v) is 12.2.